The summed E-state index contributed by atoms with van der Waals surface area (Å²) >= 11 is 1.32. The molecule has 10 heteroatoms. The molecule has 196 valence electrons. The molecule has 3 aromatic carbocycles. The van der Waals surface area contributed by atoms with Crippen LogP contribution in [0.5, 0.6) is 0 Å². The summed E-state index contributed by atoms with van der Waals surface area (Å²) < 4.78 is 35.8. The van der Waals surface area contributed by atoms with Crippen LogP contribution in [0, 0.1) is 13.8 Å². The van der Waals surface area contributed by atoms with Crippen molar-refractivity contribution in [3.63, 3.8) is 0 Å². The summed E-state index contributed by atoms with van der Waals surface area (Å²) in [5.41, 5.74) is 4.78. The number of sulfonamides is 1. The SMILES string of the molecule is CCOC(=O)Cn1c(=NC(=O)c2ccc(S(=O)(=O)N3CCc4ccccc43)cc2)sc2cc(C)cc(C)c21. The lowest BCUT2D eigenvalue weighted by Crippen LogP contribution is -2.29. The number of amides is 1. The van der Waals surface area contributed by atoms with Gasteiger partial charge in [-0.15, -0.1) is 0 Å². The van der Waals surface area contributed by atoms with Crippen LogP contribution in [0.1, 0.15) is 34.0 Å². The topological polar surface area (TPSA) is 98.0 Å². The second kappa shape index (κ2) is 10.2. The number of anilines is 1. The lowest BCUT2D eigenvalue weighted by molar-refractivity contribution is -0.143. The van der Waals surface area contributed by atoms with Crippen LogP contribution in [0.3, 0.4) is 0 Å². The van der Waals surface area contributed by atoms with Crippen molar-refractivity contribution in [3.8, 4) is 0 Å². The van der Waals surface area contributed by atoms with Crippen molar-refractivity contribution in [1.82, 2.24) is 4.57 Å². The van der Waals surface area contributed by atoms with Gasteiger partial charge in [0.15, 0.2) is 4.80 Å². The van der Waals surface area contributed by atoms with Gasteiger partial charge in [-0.25, -0.2) is 8.42 Å². The Hall–Kier alpha value is -3.76. The van der Waals surface area contributed by atoms with Crippen LogP contribution >= 0.6 is 11.3 Å². The highest BCUT2D eigenvalue weighted by Crippen LogP contribution is 2.32. The average Bonchev–Trinajstić information content (AvgIpc) is 3.46. The summed E-state index contributed by atoms with van der Waals surface area (Å²) in [5.74, 6) is -0.946. The Labute approximate surface area is 224 Å². The second-order valence-corrected chi connectivity index (χ2v) is 12.0. The second-order valence-electron chi connectivity index (χ2n) is 9.10. The van der Waals surface area contributed by atoms with Gasteiger partial charge in [0.05, 0.1) is 27.4 Å². The summed E-state index contributed by atoms with van der Waals surface area (Å²) in [7, 11) is -3.77. The van der Waals surface area contributed by atoms with Gasteiger partial charge in [0.1, 0.15) is 6.54 Å². The van der Waals surface area contributed by atoms with Crippen molar-refractivity contribution in [2.45, 2.75) is 38.6 Å². The number of para-hydroxylation sites is 1. The molecule has 4 aromatic rings. The highest BCUT2D eigenvalue weighted by atomic mass is 32.2. The van der Waals surface area contributed by atoms with Crippen LogP contribution in [0.2, 0.25) is 0 Å². The maximum Gasteiger partial charge on any atom is 0.326 e. The number of carbonyl (C=O) groups excluding carboxylic acids is 2. The van der Waals surface area contributed by atoms with Gasteiger partial charge in [-0.2, -0.15) is 4.99 Å². The zero-order chi connectivity index (χ0) is 27.0. The first-order valence-corrected chi connectivity index (χ1v) is 14.5. The summed E-state index contributed by atoms with van der Waals surface area (Å²) in [6.07, 6.45) is 0.658. The zero-order valence-corrected chi connectivity index (χ0v) is 22.9. The molecule has 0 N–H and O–H groups in total. The molecular weight excluding hydrogens is 522 g/mol. The van der Waals surface area contributed by atoms with Crippen LogP contribution in [0.25, 0.3) is 10.2 Å². The molecule has 0 saturated carbocycles. The highest BCUT2D eigenvalue weighted by Gasteiger charge is 2.30. The van der Waals surface area contributed by atoms with Gasteiger partial charge in [-0.1, -0.05) is 35.6 Å². The fourth-order valence-electron chi connectivity index (χ4n) is 4.77. The predicted molar refractivity (Wildman–Crippen MR) is 147 cm³/mol. The van der Waals surface area contributed by atoms with Crippen LogP contribution in [-0.4, -0.2) is 38.0 Å². The van der Waals surface area contributed by atoms with Crippen molar-refractivity contribution in [2.24, 2.45) is 4.99 Å². The molecule has 1 aromatic heterocycles. The Balaban J connectivity index is 1.48. The molecule has 1 aliphatic rings. The Morgan fingerprint density at radius 3 is 2.53 bits per heavy atom. The van der Waals surface area contributed by atoms with E-state index < -0.39 is 21.9 Å². The maximum absolute atomic E-state index is 13.3. The monoisotopic (exact) mass is 549 g/mol. The quantitative estimate of drug-likeness (QED) is 0.333. The lowest BCUT2D eigenvalue weighted by atomic mass is 10.1. The summed E-state index contributed by atoms with van der Waals surface area (Å²) in [4.78, 5) is 30.3. The van der Waals surface area contributed by atoms with Gasteiger partial charge in [0.25, 0.3) is 15.9 Å². The van der Waals surface area contributed by atoms with E-state index in [9.17, 15) is 18.0 Å². The Morgan fingerprint density at radius 2 is 1.79 bits per heavy atom. The van der Waals surface area contributed by atoms with E-state index in [0.29, 0.717) is 23.5 Å². The van der Waals surface area contributed by atoms with Crippen molar-refractivity contribution >= 4 is 49.1 Å². The number of rotatable bonds is 6. The number of ether oxygens (including phenoxy) is 1. The number of thiazole rings is 1. The first-order chi connectivity index (χ1) is 18.2. The maximum atomic E-state index is 13.3. The number of hydrogen-bond acceptors (Lipinski definition) is 6. The van der Waals surface area contributed by atoms with E-state index >= 15 is 0 Å². The number of fused-ring (bicyclic) bond motifs is 2. The smallest absolute Gasteiger partial charge is 0.326 e. The number of esters is 1. The number of aromatic nitrogens is 1. The van der Waals surface area contributed by atoms with E-state index in [1.807, 2.05) is 44.2 Å². The molecule has 5 rings (SSSR count). The van der Waals surface area contributed by atoms with Crippen molar-refractivity contribution in [3.05, 3.63) is 87.7 Å². The third kappa shape index (κ3) is 4.77. The molecule has 0 unspecified atom stereocenters. The van der Waals surface area contributed by atoms with E-state index in [0.717, 1.165) is 26.9 Å². The third-order valence-electron chi connectivity index (χ3n) is 6.44. The average molecular weight is 550 g/mol. The molecule has 0 bridgehead atoms. The van der Waals surface area contributed by atoms with E-state index in [1.54, 1.807) is 17.6 Å². The summed E-state index contributed by atoms with van der Waals surface area (Å²) in [5, 5.41) is 0. The van der Waals surface area contributed by atoms with E-state index in [1.165, 1.54) is 39.9 Å². The number of benzene rings is 3. The molecule has 2 heterocycles. The Morgan fingerprint density at radius 1 is 1.05 bits per heavy atom. The van der Waals surface area contributed by atoms with Crippen LogP contribution in [-0.2, 0) is 32.5 Å². The molecule has 0 aliphatic carbocycles. The van der Waals surface area contributed by atoms with Crippen LogP contribution in [0.4, 0.5) is 5.69 Å². The Kier molecular flexibility index (Phi) is 6.93. The zero-order valence-electron chi connectivity index (χ0n) is 21.3. The minimum absolute atomic E-state index is 0.0711. The number of hydrogen-bond donors (Lipinski definition) is 0. The van der Waals surface area contributed by atoms with Gasteiger partial charge in [-0.3, -0.25) is 13.9 Å². The van der Waals surface area contributed by atoms with Crippen LogP contribution in [0.15, 0.2) is 70.6 Å². The van der Waals surface area contributed by atoms with Crippen molar-refractivity contribution in [1.29, 1.82) is 0 Å². The Bertz CT molecular complexity index is 1730. The standard InChI is InChI=1S/C28H27N3O5S2/c1-4-36-25(32)17-30-26-19(3)15-18(2)16-24(26)37-28(30)29-27(33)21-9-11-22(12-10-21)38(34,35)31-14-13-20-7-5-6-8-23(20)31/h5-12,15-16H,4,13-14,17H2,1-3H3. The largest absolute Gasteiger partial charge is 0.465 e. The first-order valence-electron chi connectivity index (χ1n) is 12.2. The van der Waals surface area contributed by atoms with E-state index in [-0.39, 0.29) is 23.6 Å². The molecule has 1 amide bonds. The fourth-order valence-corrected chi connectivity index (χ4v) is 7.47. The molecule has 0 radical (unpaired) electrons. The van der Waals surface area contributed by atoms with E-state index in [4.69, 9.17) is 4.74 Å². The molecule has 8 nitrogen and oxygen atoms in total. The summed E-state index contributed by atoms with van der Waals surface area (Å²) in [6.45, 7) is 6.24. The number of aryl methyl sites for hydroxylation is 2. The summed E-state index contributed by atoms with van der Waals surface area (Å²) in [6, 6.07) is 17.3. The van der Waals surface area contributed by atoms with Gasteiger partial charge >= 0.3 is 5.97 Å². The molecule has 0 fully saturated rings. The molecular formula is C28H27N3O5S2. The predicted octanol–water partition coefficient (Wildman–Crippen LogP) is 4.38. The highest BCUT2D eigenvalue weighted by molar-refractivity contribution is 7.92. The minimum Gasteiger partial charge on any atom is -0.465 e. The van der Waals surface area contributed by atoms with Gasteiger partial charge in [-0.05, 0) is 80.3 Å². The van der Waals surface area contributed by atoms with Crippen LogP contribution < -0.4 is 9.11 Å². The first kappa shape index (κ1) is 25.9. The van der Waals surface area contributed by atoms with Gasteiger partial charge in [0.2, 0.25) is 0 Å². The third-order valence-corrected chi connectivity index (χ3v) is 9.29. The number of nitrogens with zero attached hydrogens (tertiary/aromatic N) is 3. The molecule has 0 spiro atoms. The fraction of sp³-hybridized carbons (Fsp3) is 0.250. The normalized spacial score (nSPS) is 13.7. The molecule has 0 saturated heterocycles. The lowest BCUT2D eigenvalue weighted by Gasteiger charge is -2.19. The van der Waals surface area contributed by atoms with Gasteiger partial charge < -0.3 is 9.30 Å². The number of carbonyl (C=O) groups is 2. The minimum atomic E-state index is -3.77. The van der Waals surface area contributed by atoms with Crippen molar-refractivity contribution in [2.75, 3.05) is 17.5 Å². The van der Waals surface area contributed by atoms with E-state index in [2.05, 4.69) is 4.99 Å². The molecule has 1 aliphatic heterocycles. The van der Waals surface area contributed by atoms with Crippen molar-refractivity contribution < 1.29 is 22.7 Å². The molecule has 0 atom stereocenters. The molecule has 38 heavy (non-hydrogen) atoms. The van der Waals surface area contributed by atoms with Gasteiger partial charge in [0, 0.05) is 12.1 Å².